The molecule has 0 bridgehead atoms. The van der Waals surface area contributed by atoms with Crippen molar-refractivity contribution in [1.82, 2.24) is 10.6 Å². The van der Waals surface area contributed by atoms with Crippen molar-refractivity contribution in [2.75, 3.05) is 0 Å². The molecule has 0 heterocycles. The second kappa shape index (κ2) is 7.24. The van der Waals surface area contributed by atoms with E-state index in [1.54, 1.807) is 13.8 Å². The van der Waals surface area contributed by atoms with Crippen LogP contribution in [-0.2, 0) is 4.79 Å². The summed E-state index contributed by atoms with van der Waals surface area (Å²) in [5.41, 5.74) is -0.246. The van der Waals surface area contributed by atoms with E-state index in [0.717, 1.165) is 19.3 Å². The number of hydrogen-bond acceptors (Lipinski definition) is 2. The number of hydrogen-bond donors (Lipinski definition) is 3. The third kappa shape index (κ3) is 4.55. The number of nitrogens with one attached hydrogen (secondary N) is 2. The molecule has 3 N–H and O–H groups in total. The van der Waals surface area contributed by atoms with E-state index in [1.807, 2.05) is 20.8 Å². The van der Waals surface area contributed by atoms with Gasteiger partial charge in [-0.3, -0.25) is 0 Å². The van der Waals surface area contributed by atoms with Crippen molar-refractivity contribution >= 4 is 12.0 Å². The van der Waals surface area contributed by atoms with E-state index in [9.17, 15) is 9.59 Å². The van der Waals surface area contributed by atoms with Gasteiger partial charge in [-0.05, 0) is 25.2 Å². The SMILES string of the molecule is CCC(CC)(CC)NC(=O)N[C@@H](C(=O)O)C(C)C. The smallest absolute Gasteiger partial charge is 0.326 e. The first-order valence-corrected chi connectivity index (χ1v) is 6.63. The molecule has 2 amide bonds. The second-order valence-corrected chi connectivity index (χ2v) is 5.00. The fourth-order valence-electron chi connectivity index (χ4n) is 1.95. The molecular formula is C13H26N2O3. The molecule has 0 radical (unpaired) electrons. The molecule has 0 aliphatic heterocycles. The van der Waals surface area contributed by atoms with Gasteiger partial charge in [0.1, 0.15) is 6.04 Å². The first-order valence-electron chi connectivity index (χ1n) is 6.63. The molecule has 18 heavy (non-hydrogen) atoms. The number of carbonyl (C=O) groups is 2. The van der Waals surface area contributed by atoms with Crippen LogP contribution in [0, 0.1) is 5.92 Å². The first-order chi connectivity index (χ1) is 8.31. The van der Waals surface area contributed by atoms with Crippen LogP contribution < -0.4 is 10.6 Å². The predicted octanol–water partition coefficient (Wildman–Crippen LogP) is 2.36. The number of urea groups is 1. The van der Waals surface area contributed by atoms with Crippen LogP contribution in [0.4, 0.5) is 4.79 Å². The Bertz CT molecular complexity index is 278. The van der Waals surface area contributed by atoms with Crippen LogP contribution in [-0.4, -0.2) is 28.7 Å². The van der Waals surface area contributed by atoms with E-state index in [0.29, 0.717) is 0 Å². The molecule has 0 aromatic carbocycles. The van der Waals surface area contributed by atoms with E-state index in [-0.39, 0.29) is 11.5 Å². The first kappa shape index (κ1) is 16.7. The molecule has 0 rings (SSSR count). The van der Waals surface area contributed by atoms with Gasteiger partial charge in [0.05, 0.1) is 0 Å². The van der Waals surface area contributed by atoms with Crippen LogP contribution in [0.2, 0.25) is 0 Å². The fraction of sp³-hybridized carbons (Fsp3) is 0.846. The molecule has 106 valence electrons. The summed E-state index contributed by atoms with van der Waals surface area (Å²) in [7, 11) is 0. The number of rotatable bonds is 7. The highest BCUT2D eigenvalue weighted by Gasteiger charge is 2.29. The molecule has 0 aliphatic carbocycles. The van der Waals surface area contributed by atoms with Crippen molar-refractivity contribution in [1.29, 1.82) is 0 Å². The maximum Gasteiger partial charge on any atom is 0.326 e. The van der Waals surface area contributed by atoms with Crippen molar-refractivity contribution in [2.45, 2.75) is 65.5 Å². The van der Waals surface area contributed by atoms with E-state index in [4.69, 9.17) is 5.11 Å². The molecule has 0 unspecified atom stereocenters. The van der Waals surface area contributed by atoms with Gasteiger partial charge in [0.15, 0.2) is 0 Å². The third-order valence-corrected chi connectivity index (χ3v) is 3.63. The van der Waals surface area contributed by atoms with Crippen molar-refractivity contribution < 1.29 is 14.7 Å². The molecule has 0 spiro atoms. The summed E-state index contributed by atoms with van der Waals surface area (Å²) >= 11 is 0. The lowest BCUT2D eigenvalue weighted by Crippen LogP contribution is -2.55. The topological polar surface area (TPSA) is 78.4 Å². The van der Waals surface area contributed by atoms with E-state index in [1.165, 1.54) is 0 Å². The highest BCUT2D eigenvalue weighted by atomic mass is 16.4. The summed E-state index contributed by atoms with van der Waals surface area (Å²) < 4.78 is 0. The van der Waals surface area contributed by atoms with Crippen molar-refractivity contribution in [2.24, 2.45) is 5.92 Å². The minimum Gasteiger partial charge on any atom is -0.480 e. The van der Waals surface area contributed by atoms with Gasteiger partial charge in [0.2, 0.25) is 0 Å². The normalized spacial score (nSPS) is 13.2. The maximum atomic E-state index is 11.9. The van der Waals surface area contributed by atoms with Crippen LogP contribution in [0.1, 0.15) is 53.9 Å². The van der Waals surface area contributed by atoms with Crippen molar-refractivity contribution in [3.05, 3.63) is 0 Å². The molecule has 0 aliphatic rings. The fourth-order valence-corrected chi connectivity index (χ4v) is 1.95. The highest BCUT2D eigenvalue weighted by molar-refractivity contribution is 5.83. The predicted molar refractivity (Wildman–Crippen MR) is 71.5 cm³/mol. The molecule has 0 aromatic rings. The largest absolute Gasteiger partial charge is 0.480 e. The molecule has 0 fully saturated rings. The quantitative estimate of drug-likeness (QED) is 0.656. The Morgan fingerprint density at radius 1 is 1.11 bits per heavy atom. The number of amides is 2. The highest BCUT2D eigenvalue weighted by Crippen LogP contribution is 2.19. The summed E-state index contributed by atoms with van der Waals surface area (Å²) in [6.07, 6.45) is 2.48. The van der Waals surface area contributed by atoms with Crippen LogP contribution in [0.5, 0.6) is 0 Å². The van der Waals surface area contributed by atoms with Gasteiger partial charge in [-0.1, -0.05) is 34.6 Å². The minimum absolute atomic E-state index is 0.146. The summed E-state index contributed by atoms with van der Waals surface area (Å²) in [6.45, 7) is 9.59. The Kier molecular flexibility index (Phi) is 6.73. The molecule has 0 aromatic heterocycles. The molecule has 0 saturated heterocycles. The van der Waals surface area contributed by atoms with Gasteiger partial charge in [0, 0.05) is 5.54 Å². The lowest BCUT2D eigenvalue weighted by atomic mass is 9.90. The van der Waals surface area contributed by atoms with E-state index in [2.05, 4.69) is 10.6 Å². The number of carbonyl (C=O) groups excluding carboxylic acids is 1. The maximum absolute atomic E-state index is 11.9. The summed E-state index contributed by atoms with van der Waals surface area (Å²) in [6, 6.07) is -1.25. The second-order valence-electron chi connectivity index (χ2n) is 5.00. The molecular weight excluding hydrogens is 232 g/mol. The van der Waals surface area contributed by atoms with Crippen LogP contribution in [0.25, 0.3) is 0 Å². The molecule has 0 saturated carbocycles. The lowest BCUT2D eigenvalue weighted by molar-refractivity contribution is -0.140. The zero-order valence-electron chi connectivity index (χ0n) is 12.0. The Morgan fingerprint density at radius 3 is 1.83 bits per heavy atom. The minimum atomic E-state index is -1.00. The zero-order chi connectivity index (χ0) is 14.3. The van der Waals surface area contributed by atoms with Gasteiger partial charge in [-0.2, -0.15) is 0 Å². The standard InChI is InChI=1S/C13H26N2O3/c1-6-13(7-2,8-3)15-12(18)14-10(9(4)5)11(16)17/h9-10H,6-8H2,1-5H3,(H,16,17)(H2,14,15,18)/t10-/m1/s1. The molecule has 1 atom stereocenters. The average molecular weight is 258 g/mol. The van der Waals surface area contributed by atoms with Crippen LogP contribution >= 0.6 is 0 Å². The summed E-state index contributed by atoms with van der Waals surface area (Å²) in [5.74, 6) is -1.15. The van der Waals surface area contributed by atoms with Gasteiger partial charge < -0.3 is 15.7 Å². The monoisotopic (exact) mass is 258 g/mol. The average Bonchev–Trinajstić information content (AvgIpc) is 2.32. The van der Waals surface area contributed by atoms with Gasteiger partial charge in [-0.25, -0.2) is 9.59 Å². The Morgan fingerprint density at radius 2 is 1.56 bits per heavy atom. The Balaban J connectivity index is 4.62. The number of carboxylic acids is 1. The van der Waals surface area contributed by atoms with Crippen molar-refractivity contribution in [3.8, 4) is 0 Å². The molecule has 5 nitrogen and oxygen atoms in total. The third-order valence-electron chi connectivity index (χ3n) is 3.63. The zero-order valence-corrected chi connectivity index (χ0v) is 12.0. The van der Waals surface area contributed by atoms with Crippen LogP contribution in [0.15, 0.2) is 0 Å². The van der Waals surface area contributed by atoms with Crippen LogP contribution in [0.3, 0.4) is 0 Å². The Labute approximate surface area is 109 Å². The van der Waals surface area contributed by atoms with Gasteiger partial charge in [0.25, 0.3) is 0 Å². The van der Waals surface area contributed by atoms with Gasteiger partial charge in [-0.15, -0.1) is 0 Å². The van der Waals surface area contributed by atoms with Crippen molar-refractivity contribution in [3.63, 3.8) is 0 Å². The number of aliphatic carboxylic acids is 1. The Hall–Kier alpha value is -1.26. The van der Waals surface area contributed by atoms with E-state index >= 15 is 0 Å². The number of carboxylic acid groups (broad SMARTS) is 1. The summed E-state index contributed by atoms with van der Waals surface area (Å²) in [4.78, 5) is 22.9. The van der Waals surface area contributed by atoms with Gasteiger partial charge >= 0.3 is 12.0 Å². The summed E-state index contributed by atoms with van der Waals surface area (Å²) in [5, 5.41) is 14.5. The molecule has 5 heteroatoms. The lowest BCUT2D eigenvalue weighted by Gasteiger charge is -2.32. The van der Waals surface area contributed by atoms with E-state index < -0.39 is 18.0 Å².